The van der Waals surface area contributed by atoms with E-state index in [2.05, 4.69) is 5.32 Å². The van der Waals surface area contributed by atoms with E-state index in [0.717, 1.165) is 11.1 Å². The Morgan fingerprint density at radius 3 is 2.81 bits per heavy atom. The fourth-order valence-electron chi connectivity index (χ4n) is 1.78. The molecule has 0 saturated heterocycles. The molecule has 0 saturated carbocycles. The number of nitriles is 1. The third kappa shape index (κ3) is 3.95. The van der Waals surface area contributed by atoms with Gasteiger partial charge in [-0.15, -0.1) is 0 Å². The monoisotopic (exact) mass is 277 g/mol. The van der Waals surface area contributed by atoms with Crippen molar-refractivity contribution in [2.75, 3.05) is 11.1 Å². The van der Waals surface area contributed by atoms with Gasteiger partial charge in [0.2, 0.25) is 5.91 Å². The number of benzene rings is 2. The number of aryl methyl sites for hydroxylation is 1. The highest BCUT2D eigenvalue weighted by Gasteiger charge is 1.99. The lowest BCUT2D eigenvalue weighted by Gasteiger charge is -2.03. The zero-order valence-electron chi connectivity index (χ0n) is 11.6. The molecule has 0 aromatic heterocycles. The first-order valence-electron chi connectivity index (χ1n) is 6.44. The van der Waals surface area contributed by atoms with Gasteiger partial charge in [0.1, 0.15) is 0 Å². The van der Waals surface area contributed by atoms with Gasteiger partial charge in [-0.3, -0.25) is 4.79 Å². The maximum absolute atomic E-state index is 11.8. The van der Waals surface area contributed by atoms with Crippen LogP contribution < -0.4 is 11.1 Å². The second kappa shape index (κ2) is 6.40. The van der Waals surface area contributed by atoms with E-state index in [9.17, 15) is 4.79 Å². The fraction of sp³-hybridized carbons (Fsp3) is 0.0588. The molecule has 0 aliphatic carbocycles. The molecule has 0 unspecified atom stereocenters. The fourth-order valence-corrected chi connectivity index (χ4v) is 1.78. The molecule has 0 aliphatic rings. The van der Waals surface area contributed by atoms with Gasteiger partial charge >= 0.3 is 0 Å². The number of anilines is 2. The van der Waals surface area contributed by atoms with Gasteiger partial charge < -0.3 is 11.1 Å². The smallest absolute Gasteiger partial charge is 0.248 e. The number of nitrogen functional groups attached to an aromatic ring is 1. The Hall–Kier alpha value is -3.06. The van der Waals surface area contributed by atoms with Crippen LogP contribution in [0.4, 0.5) is 11.4 Å². The summed E-state index contributed by atoms with van der Waals surface area (Å²) in [6.45, 7) is 1.93. The Morgan fingerprint density at radius 2 is 2.10 bits per heavy atom. The summed E-state index contributed by atoms with van der Waals surface area (Å²) >= 11 is 0. The third-order valence-corrected chi connectivity index (χ3v) is 2.99. The molecule has 2 aromatic rings. The lowest BCUT2D eigenvalue weighted by Crippen LogP contribution is -2.07. The number of rotatable bonds is 3. The van der Waals surface area contributed by atoms with E-state index >= 15 is 0 Å². The minimum Gasteiger partial charge on any atom is -0.398 e. The van der Waals surface area contributed by atoms with Crippen LogP contribution in [-0.2, 0) is 4.79 Å². The summed E-state index contributed by atoms with van der Waals surface area (Å²) in [7, 11) is 0. The predicted molar refractivity (Wildman–Crippen MR) is 84.4 cm³/mol. The average molecular weight is 277 g/mol. The van der Waals surface area contributed by atoms with Gasteiger partial charge in [0.05, 0.1) is 11.6 Å². The van der Waals surface area contributed by atoms with Crippen molar-refractivity contribution < 1.29 is 4.79 Å². The number of amides is 1. The molecule has 1 amide bonds. The zero-order valence-corrected chi connectivity index (χ0v) is 11.6. The van der Waals surface area contributed by atoms with Crippen molar-refractivity contribution >= 4 is 23.4 Å². The SMILES string of the molecule is Cc1ccc(/C=C/C(=O)Nc2cccc(C#N)c2)cc1N. The molecule has 0 spiro atoms. The molecule has 104 valence electrons. The van der Waals surface area contributed by atoms with Gasteiger partial charge in [-0.05, 0) is 48.4 Å². The number of nitrogens with two attached hydrogens (primary N) is 1. The van der Waals surface area contributed by atoms with Crippen molar-refractivity contribution in [2.45, 2.75) is 6.92 Å². The molecule has 0 radical (unpaired) electrons. The van der Waals surface area contributed by atoms with Crippen LogP contribution in [-0.4, -0.2) is 5.91 Å². The molecule has 4 nitrogen and oxygen atoms in total. The van der Waals surface area contributed by atoms with Gasteiger partial charge in [0, 0.05) is 17.5 Å². The van der Waals surface area contributed by atoms with Gasteiger partial charge in [-0.1, -0.05) is 18.2 Å². The number of nitrogens with one attached hydrogen (secondary N) is 1. The van der Waals surface area contributed by atoms with E-state index in [1.54, 1.807) is 30.3 Å². The molecular weight excluding hydrogens is 262 g/mol. The van der Waals surface area contributed by atoms with Crippen molar-refractivity contribution in [3.8, 4) is 6.07 Å². The molecule has 0 aliphatic heterocycles. The Labute approximate surface area is 123 Å². The van der Waals surface area contributed by atoms with Crippen LogP contribution in [0.25, 0.3) is 6.08 Å². The molecule has 0 fully saturated rings. The average Bonchev–Trinajstić information content (AvgIpc) is 2.48. The second-order valence-corrected chi connectivity index (χ2v) is 4.63. The molecule has 0 heterocycles. The van der Waals surface area contributed by atoms with Crippen molar-refractivity contribution in [1.82, 2.24) is 0 Å². The maximum atomic E-state index is 11.8. The molecule has 0 bridgehead atoms. The van der Waals surface area contributed by atoms with Crippen LogP contribution in [0, 0.1) is 18.3 Å². The lowest BCUT2D eigenvalue weighted by molar-refractivity contribution is -0.111. The minimum absolute atomic E-state index is 0.260. The molecule has 3 N–H and O–H groups in total. The van der Waals surface area contributed by atoms with E-state index in [4.69, 9.17) is 11.0 Å². The number of hydrogen-bond acceptors (Lipinski definition) is 3. The normalized spacial score (nSPS) is 10.3. The number of nitrogens with zero attached hydrogens (tertiary/aromatic N) is 1. The summed E-state index contributed by atoms with van der Waals surface area (Å²) in [6.07, 6.45) is 3.13. The van der Waals surface area contributed by atoms with Gasteiger partial charge in [0.25, 0.3) is 0 Å². The second-order valence-electron chi connectivity index (χ2n) is 4.63. The van der Waals surface area contributed by atoms with Crippen molar-refractivity contribution in [3.63, 3.8) is 0 Å². The summed E-state index contributed by atoms with van der Waals surface area (Å²) in [5, 5.41) is 11.5. The van der Waals surface area contributed by atoms with E-state index in [1.807, 2.05) is 31.2 Å². The molecule has 2 aromatic carbocycles. The van der Waals surface area contributed by atoms with Gasteiger partial charge in [0.15, 0.2) is 0 Å². The van der Waals surface area contributed by atoms with Crippen LogP contribution in [0.3, 0.4) is 0 Å². The number of hydrogen-bond donors (Lipinski definition) is 2. The molecule has 2 rings (SSSR count). The highest BCUT2D eigenvalue weighted by Crippen LogP contribution is 2.14. The Bertz CT molecular complexity index is 742. The van der Waals surface area contributed by atoms with Crippen molar-refractivity contribution in [3.05, 3.63) is 65.2 Å². The summed E-state index contributed by atoms with van der Waals surface area (Å²) < 4.78 is 0. The Balaban J connectivity index is 2.05. The minimum atomic E-state index is -0.260. The first kappa shape index (κ1) is 14.4. The summed E-state index contributed by atoms with van der Waals surface area (Å²) in [5.74, 6) is -0.260. The summed E-state index contributed by atoms with van der Waals surface area (Å²) in [5.41, 5.74) is 9.47. The van der Waals surface area contributed by atoms with Crippen LogP contribution in [0.2, 0.25) is 0 Å². The van der Waals surface area contributed by atoms with Crippen LogP contribution in [0.15, 0.2) is 48.5 Å². The van der Waals surface area contributed by atoms with Crippen molar-refractivity contribution in [2.24, 2.45) is 0 Å². The summed E-state index contributed by atoms with van der Waals surface area (Å²) in [6, 6.07) is 14.4. The molecule has 21 heavy (non-hydrogen) atoms. The zero-order chi connectivity index (χ0) is 15.2. The van der Waals surface area contributed by atoms with Gasteiger partial charge in [-0.2, -0.15) is 5.26 Å². The van der Waals surface area contributed by atoms with E-state index in [0.29, 0.717) is 16.9 Å². The quantitative estimate of drug-likeness (QED) is 0.668. The molecule has 4 heteroatoms. The number of carbonyl (C=O) groups is 1. The molecule has 0 atom stereocenters. The molecular formula is C17H15N3O. The van der Waals surface area contributed by atoms with Crippen molar-refractivity contribution in [1.29, 1.82) is 5.26 Å². The Kier molecular flexibility index (Phi) is 4.37. The Morgan fingerprint density at radius 1 is 1.29 bits per heavy atom. The first-order chi connectivity index (χ1) is 10.1. The first-order valence-corrected chi connectivity index (χ1v) is 6.44. The largest absolute Gasteiger partial charge is 0.398 e. The van der Waals surface area contributed by atoms with Crippen LogP contribution >= 0.6 is 0 Å². The standard InChI is InChI=1S/C17H15N3O/c1-12-5-6-13(10-16(12)19)7-8-17(21)20-15-4-2-3-14(9-15)11-18/h2-10H,19H2,1H3,(H,20,21)/b8-7+. The predicted octanol–water partition coefficient (Wildman–Crippen LogP) is 3.10. The highest BCUT2D eigenvalue weighted by atomic mass is 16.1. The van der Waals surface area contributed by atoms with Crippen LogP contribution in [0.5, 0.6) is 0 Å². The van der Waals surface area contributed by atoms with Crippen LogP contribution in [0.1, 0.15) is 16.7 Å². The van der Waals surface area contributed by atoms with E-state index < -0.39 is 0 Å². The van der Waals surface area contributed by atoms with E-state index in [-0.39, 0.29) is 5.91 Å². The topological polar surface area (TPSA) is 78.9 Å². The highest BCUT2D eigenvalue weighted by molar-refractivity contribution is 6.02. The van der Waals surface area contributed by atoms with Gasteiger partial charge in [-0.25, -0.2) is 0 Å². The maximum Gasteiger partial charge on any atom is 0.248 e. The number of carbonyl (C=O) groups excluding carboxylic acids is 1. The third-order valence-electron chi connectivity index (χ3n) is 2.99. The summed E-state index contributed by atoms with van der Waals surface area (Å²) in [4.78, 5) is 11.8. The van der Waals surface area contributed by atoms with E-state index in [1.165, 1.54) is 6.08 Å². The lowest BCUT2D eigenvalue weighted by atomic mass is 10.1.